The van der Waals surface area contributed by atoms with E-state index in [-0.39, 0.29) is 18.8 Å². The molecule has 1 unspecified atom stereocenters. The highest BCUT2D eigenvalue weighted by atomic mass is 19.3. The lowest BCUT2D eigenvalue weighted by Crippen LogP contribution is -2.27. The molecule has 2 nitrogen and oxygen atoms in total. The van der Waals surface area contributed by atoms with E-state index in [1.54, 1.807) is 0 Å². The molecule has 0 bridgehead atoms. The van der Waals surface area contributed by atoms with Gasteiger partial charge in [-0.3, -0.25) is 0 Å². The fraction of sp³-hybridized carbons (Fsp3) is 0.625. The quantitative estimate of drug-likeness (QED) is 0.901. The largest absolute Gasteiger partial charge is 0.490 e. The van der Waals surface area contributed by atoms with E-state index < -0.39 is 12.0 Å². The summed E-state index contributed by atoms with van der Waals surface area (Å²) in [5.41, 5.74) is 0.795. The number of alkyl halides is 2. The lowest BCUT2D eigenvalue weighted by molar-refractivity contribution is -0.0627. The Kier molecular flexibility index (Phi) is 3.67. The Bertz CT molecular complexity index is 444. The van der Waals surface area contributed by atoms with Crippen molar-refractivity contribution in [3.05, 3.63) is 29.8 Å². The van der Waals surface area contributed by atoms with E-state index in [9.17, 15) is 13.9 Å². The van der Waals surface area contributed by atoms with Crippen molar-refractivity contribution in [2.45, 2.75) is 56.7 Å². The summed E-state index contributed by atoms with van der Waals surface area (Å²) in [6, 6.07) is 7.40. The first-order chi connectivity index (χ1) is 9.53. The van der Waals surface area contributed by atoms with Gasteiger partial charge in [-0.1, -0.05) is 12.1 Å². The van der Waals surface area contributed by atoms with Crippen LogP contribution < -0.4 is 4.74 Å². The first kappa shape index (κ1) is 13.8. The van der Waals surface area contributed by atoms with E-state index in [0.717, 1.165) is 24.2 Å². The zero-order valence-electron chi connectivity index (χ0n) is 11.4. The van der Waals surface area contributed by atoms with Crippen LogP contribution in [-0.2, 0) is 0 Å². The van der Waals surface area contributed by atoms with E-state index >= 15 is 0 Å². The number of hydrogen-bond acceptors (Lipinski definition) is 2. The fourth-order valence-corrected chi connectivity index (χ4v) is 2.77. The van der Waals surface area contributed by atoms with Crippen LogP contribution in [0.4, 0.5) is 8.78 Å². The zero-order valence-corrected chi connectivity index (χ0v) is 11.4. The van der Waals surface area contributed by atoms with Crippen LogP contribution in [0.25, 0.3) is 0 Å². The monoisotopic (exact) mass is 282 g/mol. The summed E-state index contributed by atoms with van der Waals surface area (Å²) >= 11 is 0. The maximum absolute atomic E-state index is 13.1. The molecule has 2 fully saturated rings. The van der Waals surface area contributed by atoms with Crippen molar-refractivity contribution in [2.24, 2.45) is 5.92 Å². The molecule has 0 saturated heterocycles. The maximum atomic E-state index is 13.1. The first-order valence-electron chi connectivity index (χ1n) is 7.36. The SMILES string of the molecule is OC(c1ccc(OC2CC2)cc1)C1CCC(F)(F)CC1. The predicted octanol–water partition coefficient (Wildman–Crippen LogP) is 4.09. The first-order valence-corrected chi connectivity index (χ1v) is 7.36. The molecule has 0 aromatic heterocycles. The molecular weight excluding hydrogens is 262 g/mol. The zero-order chi connectivity index (χ0) is 14.2. The number of aliphatic hydroxyl groups excluding tert-OH is 1. The number of rotatable bonds is 4. The molecule has 0 radical (unpaired) electrons. The minimum atomic E-state index is -2.54. The molecule has 0 aliphatic heterocycles. The normalized spacial score (nSPS) is 24.4. The fourth-order valence-electron chi connectivity index (χ4n) is 2.77. The summed E-state index contributed by atoms with van der Waals surface area (Å²) in [5.74, 6) is -1.79. The molecule has 3 rings (SSSR count). The Labute approximate surface area is 117 Å². The van der Waals surface area contributed by atoms with Gasteiger partial charge in [0.05, 0.1) is 12.2 Å². The second-order valence-electron chi connectivity index (χ2n) is 6.02. The molecule has 1 N–H and O–H groups in total. The second-order valence-corrected chi connectivity index (χ2v) is 6.02. The van der Waals surface area contributed by atoms with Gasteiger partial charge in [-0.25, -0.2) is 8.78 Å². The average molecular weight is 282 g/mol. The highest BCUT2D eigenvalue weighted by molar-refractivity contribution is 5.29. The third-order valence-electron chi connectivity index (χ3n) is 4.26. The standard InChI is InChI=1S/C16H20F2O2/c17-16(18)9-7-12(8-10-16)15(19)11-1-3-13(4-2-11)20-14-5-6-14/h1-4,12,14-15,19H,5-10H2. The van der Waals surface area contributed by atoms with Gasteiger partial charge >= 0.3 is 0 Å². The molecular formula is C16H20F2O2. The molecule has 0 amide bonds. The molecule has 20 heavy (non-hydrogen) atoms. The molecule has 2 aliphatic rings. The van der Waals surface area contributed by atoms with Gasteiger partial charge in [-0.15, -0.1) is 0 Å². The van der Waals surface area contributed by atoms with Crippen LogP contribution >= 0.6 is 0 Å². The van der Waals surface area contributed by atoms with Gasteiger partial charge < -0.3 is 9.84 Å². The van der Waals surface area contributed by atoms with Crippen LogP contribution in [0, 0.1) is 5.92 Å². The van der Waals surface area contributed by atoms with Crippen LogP contribution in [0.1, 0.15) is 50.2 Å². The van der Waals surface area contributed by atoms with Crippen LogP contribution in [0.3, 0.4) is 0 Å². The van der Waals surface area contributed by atoms with Gasteiger partial charge in [-0.2, -0.15) is 0 Å². The summed E-state index contributed by atoms with van der Waals surface area (Å²) in [6.45, 7) is 0. The van der Waals surface area contributed by atoms with Crippen molar-refractivity contribution in [2.75, 3.05) is 0 Å². The summed E-state index contributed by atoms with van der Waals surface area (Å²) in [6.07, 6.45) is 2.46. The van der Waals surface area contributed by atoms with Gasteiger partial charge in [0.2, 0.25) is 5.92 Å². The average Bonchev–Trinajstić information content (AvgIpc) is 3.23. The van der Waals surface area contributed by atoms with Crippen molar-refractivity contribution in [1.82, 2.24) is 0 Å². The van der Waals surface area contributed by atoms with Crippen LogP contribution in [0.2, 0.25) is 0 Å². The number of benzene rings is 1. The van der Waals surface area contributed by atoms with Gasteiger partial charge in [0.25, 0.3) is 0 Å². The smallest absolute Gasteiger partial charge is 0.248 e. The third-order valence-corrected chi connectivity index (χ3v) is 4.26. The van der Waals surface area contributed by atoms with Crippen molar-refractivity contribution in [3.63, 3.8) is 0 Å². The van der Waals surface area contributed by atoms with E-state index in [0.29, 0.717) is 18.9 Å². The van der Waals surface area contributed by atoms with Crippen LogP contribution in [0.15, 0.2) is 24.3 Å². The maximum Gasteiger partial charge on any atom is 0.248 e. The molecule has 2 aliphatic carbocycles. The summed E-state index contributed by atoms with van der Waals surface area (Å²) < 4.78 is 31.9. The van der Waals surface area contributed by atoms with E-state index in [4.69, 9.17) is 4.74 Å². The van der Waals surface area contributed by atoms with Gasteiger partial charge in [0.1, 0.15) is 5.75 Å². The third kappa shape index (κ3) is 3.29. The number of hydrogen-bond donors (Lipinski definition) is 1. The van der Waals surface area contributed by atoms with E-state index in [1.807, 2.05) is 24.3 Å². The minimum Gasteiger partial charge on any atom is -0.490 e. The Balaban J connectivity index is 1.60. The van der Waals surface area contributed by atoms with Crippen molar-refractivity contribution < 1.29 is 18.6 Å². The molecule has 2 saturated carbocycles. The molecule has 1 aromatic rings. The summed E-state index contributed by atoms with van der Waals surface area (Å²) in [5, 5.41) is 10.3. The van der Waals surface area contributed by atoms with Gasteiger partial charge in [0, 0.05) is 12.8 Å². The van der Waals surface area contributed by atoms with E-state index in [2.05, 4.69) is 0 Å². The number of aliphatic hydroxyl groups is 1. The van der Waals surface area contributed by atoms with Crippen molar-refractivity contribution >= 4 is 0 Å². The molecule has 1 aromatic carbocycles. The highest BCUT2D eigenvalue weighted by Crippen LogP contribution is 2.41. The van der Waals surface area contributed by atoms with Crippen molar-refractivity contribution in [1.29, 1.82) is 0 Å². The predicted molar refractivity (Wildman–Crippen MR) is 72.0 cm³/mol. The molecule has 0 spiro atoms. The molecule has 110 valence electrons. The van der Waals surface area contributed by atoms with Gasteiger partial charge in [0.15, 0.2) is 0 Å². The molecule has 1 atom stereocenters. The number of ether oxygens (including phenoxy) is 1. The second kappa shape index (κ2) is 5.32. The lowest BCUT2D eigenvalue weighted by Gasteiger charge is -2.31. The molecule has 0 heterocycles. The summed E-state index contributed by atoms with van der Waals surface area (Å²) in [7, 11) is 0. The van der Waals surface area contributed by atoms with Crippen LogP contribution in [0.5, 0.6) is 5.75 Å². The highest BCUT2D eigenvalue weighted by Gasteiger charge is 2.37. The molecule has 4 heteroatoms. The Morgan fingerprint density at radius 3 is 2.20 bits per heavy atom. The van der Waals surface area contributed by atoms with Gasteiger partial charge in [-0.05, 0) is 49.3 Å². The summed E-state index contributed by atoms with van der Waals surface area (Å²) in [4.78, 5) is 0. The topological polar surface area (TPSA) is 29.5 Å². The Morgan fingerprint density at radius 1 is 1.05 bits per heavy atom. The number of halogens is 2. The lowest BCUT2D eigenvalue weighted by atomic mass is 9.81. The Hall–Kier alpha value is -1.16. The van der Waals surface area contributed by atoms with Crippen LogP contribution in [-0.4, -0.2) is 17.1 Å². The Morgan fingerprint density at radius 2 is 1.65 bits per heavy atom. The van der Waals surface area contributed by atoms with Crippen molar-refractivity contribution in [3.8, 4) is 5.75 Å². The minimum absolute atomic E-state index is 0.0650. The van der Waals surface area contributed by atoms with E-state index in [1.165, 1.54) is 0 Å².